The Labute approximate surface area is 114 Å². The van der Waals surface area contributed by atoms with Gasteiger partial charge in [-0.2, -0.15) is 0 Å². The van der Waals surface area contributed by atoms with Gasteiger partial charge >= 0.3 is 0 Å². The van der Waals surface area contributed by atoms with Crippen LogP contribution in [0.5, 0.6) is 5.75 Å². The molecule has 0 spiro atoms. The van der Waals surface area contributed by atoms with Crippen molar-refractivity contribution in [2.75, 3.05) is 12.8 Å². The van der Waals surface area contributed by atoms with Crippen LogP contribution < -0.4 is 10.5 Å². The zero-order chi connectivity index (χ0) is 14.0. The topological polar surface area (TPSA) is 53.1 Å². The number of fused-ring (bicyclic) bond motifs is 1. The van der Waals surface area contributed by atoms with E-state index in [1.54, 1.807) is 7.11 Å². The molecule has 19 heavy (non-hydrogen) atoms. The summed E-state index contributed by atoms with van der Waals surface area (Å²) in [6.45, 7) is 6.69. The molecular formula is C15H23N3O. The largest absolute Gasteiger partial charge is 0.497 e. The summed E-state index contributed by atoms with van der Waals surface area (Å²) in [5, 5.41) is 0. The number of rotatable bonds is 5. The molecule has 2 rings (SSSR count). The highest BCUT2D eigenvalue weighted by molar-refractivity contribution is 5.80. The van der Waals surface area contributed by atoms with Gasteiger partial charge in [0.25, 0.3) is 0 Å². The van der Waals surface area contributed by atoms with Gasteiger partial charge in [0.2, 0.25) is 5.95 Å². The van der Waals surface area contributed by atoms with Gasteiger partial charge in [-0.1, -0.05) is 20.3 Å². The Balaban J connectivity index is 2.39. The number of benzene rings is 1. The summed E-state index contributed by atoms with van der Waals surface area (Å²) < 4.78 is 7.35. The third kappa shape index (κ3) is 2.67. The van der Waals surface area contributed by atoms with Crippen LogP contribution in [0.25, 0.3) is 11.0 Å². The Hall–Kier alpha value is -1.71. The first-order valence-electron chi connectivity index (χ1n) is 6.88. The number of methoxy groups -OCH3 is 1. The molecule has 2 atom stereocenters. The van der Waals surface area contributed by atoms with E-state index in [0.717, 1.165) is 23.2 Å². The smallest absolute Gasteiger partial charge is 0.201 e. The van der Waals surface area contributed by atoms with Gasteiger partial charge in [0.1, 0.15) is 5.75 Å². The van der Waals surface area contributed by atoms with Crippen molar-refractivity contribution in [1.29, 1.82) is 0 Å². The van der Waals surface area contributed by atoms with Crippen molar-refractivity contribution in [3.63, 3.8) is 0 Å². The first-order valence-corrected chi connectivity index (χ1v) is 6.88. The molecule has 0 aliphatic rings. The minimum Gasteiger partial charge on any atom is -0.497 e. The van der Waals surface area contributed by atoms with Gasteiger partial charge in [0.15, 0.2) is 0 Å². The Morgan fingerprint density at radius 1 is 1.37 bits per heavy atom. The monoisotopic (exact) mass is 261 g/mol. The lowest BCUT2D eigenvalue weighted by molar-refractivity contribution is 0.407. The summed E-state index contributed by atoms with van der Waals surface area (Å²) in [5.74, 6) is 2.08. The van der Waals surface area contributed by atoms with E-state index >= 15 is 0 Å². The lowest BCUT2D eigenvalue weighted by Crippen LogP contribution is -2.11. The van der Waals surface area contributed by atoms with Crippen LogP contribution in [0.2, 0.25) is 0 Å². The maximum Gasteiger partial charge on any atom is 0.201 e. The summed E-state index contributed by atoms with van der Waals surface area (Å²) in [5.41, 5.74) is 8.05. The Kier molecular flexibility index (Phi) is 3.98. The van der Waals surface area contributed by atoms with Crippen LogP contribution in [0.1, 0.15) is 39.7 Å². The number of hydrogen-bond acceptors (Lipinski definition) is 3. The van der Waals surface area contributed by atoms with E-state index in [-0.39, 0.29) is 0 Å². The third-order valence-electron chi connectivity index (χ3n) is 3.81. The van der Waals surface area contributed by atoms with Crippen molar-refractivity contribution in [3.8, 4) is 5.75 Å². The summed E-state index contributed by atoms with van der Waals surface area (Å²) in [4.78, 5) is 4.44. The zero-order valence-electron chi connectivity index (χ0n) is 12.2. The normalized spacial score (nSPS) is 14.5. The first-order chi connectivity index (χ1) is 9.06. The van der Waals surface area contributed by atoms with Gasteiger partial charge in [-0.3, -0.25) is 0 Å². The standard InChI is InChI=1S/C15H23N3O/c1-5-10(2)8-11(3)18-14-7-6-12(19-4)9-13(14)17-15(18)16/h6-7,9-11H,5,8H2,1-4H3,(H2,16,17). The van der Waals surface area contributed by atoms with Gasteiger partial charge in [-0.25, -0.2) is 4.98 Å². The number of nitrogen functional groups attached to an aromatic ring is 1. The Morgan fingerprint density at radius 3 is 2.74 bits per heavy atom. The van der Waals surface area contributed by atoms with Gasteiger partial charge in [-0.05, 0) is 31.4 Å². The van der Waals surface area contributed by atoms with Crippen molar-refractivity contribution in [3.05, 3.63) is 18.2 Å². The zero-order valence-corrected chi connectivity index (χ0v) is 12.2. The number of nitrogens with two attached hydrogens (primary N) is 1. The van der Waals surface area contributed by atoms with E-state index in [1.807, 2.05) is 18.2 Å². The molecule has 1 aromatic carbocycles. The minimum atomic E-state index is 0.355. The molecule has 0 aliphatic heterocycles. The van der Waals surface area contributed by atoms with E-state index in [4.69, 9.17) is 10.5 Å². The molecule has 0 fully saturated rings. The first kappa shape index (κ1) is 13.7. The van der Waals surface area contributed by atoms with Crippen LogP contribution in [0.3, 0.4) is 0 Å². The van der Waals surface area contributed by atoms with Crippen LogP contribution in [0.4, 0.5) is 5.95 Å². The molecule has 0 saturated carbocycles. The van der Waals surface area contributed by atoms with Gasteiger partial charge < -0.3 is 15.0 Å². The molecule has 4 heteroatoms. The number of hydrogen-bond donors (Lipinski definition) is 1. The van der Waals surface area contributed by atoms with Crippen LogP contribution in [0.15, 0.2) is 18.2 Å². The Bertz CT molecular complexity index is 562. The molecule has 1 heterocycles. The fourth-order valence-corrected chi connectivity index (χ4v) is 2.54. The highest BCUT2D eigenvalue weighted by Crippen LogP contribution is 2.29. The van der Waals surface area contributed by atoms with Crippen molar-refractivity contribution < 1.29 is 4.74 Å². The Morgan fingerprint density at radius 2 is 2.11 bits per heavy atom. The SMILES string of the molecule is CCC(C)CC(C)n1c(N)nc2cc(OC)ccc21. The molecule has 0 aliphatic carbocycles. The fourth-order valence-electron chi connectivity index (χ4n) is 2.54. The van der Waals surface area contributed by atoms with E-state index in [2.05, 4.69) is 30.3 Å². The molecule has 2 N–H and O–H groups in total. The predicted molar refractivity (Wildman–Crippen MR) is 79.5 cm³/mol. The van der Waals surface area contributed by atoms with Gasteiger partial charge in [0.05, 0.1) is 18.1 Å². The fraction of sp³-hybridized carbons (Fsp3) is 0.533. The summed E-state index contributed by atoms with van der Waals surface area (Å²) in [6.07, 6.45) is 2.29. The minimum absolute atomic E-state index is 0.355. The van der Waals surface area contributed by atoms with E-state index < -0.39 is 0 Å². The van der Waals surface area contributed by atoms with Crippen molar-refractivity contribution in [2.24, 2.45) is 5.92 Å². The van der Waals surface area contributed by atoms with Crippen molar-refractivity contribution in [1.82, 2.24) is 9.55 Å². The third-order valence-corrected chi connectivity index (χ3v) is 3.81. The number of imidazole rings is 1. The average Bonchev–Trinajstić information content (AvgIpc) is 2.73. The summed E-state index contributed by atoms with van der Waals surface area (Å²) in [6, 6.07) is 6.27. The molecule has 0 saturated heterocycles. The molecule has 1 aromatic heterocycles. The molecule has 2 unspecified atom stereocenters. The number of nitrogens with zero attached hydrogens (tertiary/aromatic N) is 2. The second-order valence-electron chi connectivity index (χ2n) is 5.29. The lowest BCUT2D eigenvalue weighted by atomic mass is 10.00. The van der Waals surface area contributed by atoms with Gasteiger partial charge in [-0.15, -0.1) is 0 Å². The molecular weight excluding hydrogens is 238 g/mol. The number of ether oxygens (including phenoxy) is 1. The van der Waals surface area contributed by atoms with E-state index in [1.165, 1.54) is 6.42 Å². The van der Waals surface area contributed by atoms with Crippen molar-refractivity contribution >= 4 is 17.0 Å². The number of aromatic nitrogens is 2. The van der Waals surface area contributed by atoms with Crippen LogP contribution >= 0.6 is 0 Å². The predicted octanol–water partition coefficient (Wildman–Crippen LogP) is 3.62. The van der Waals surface area contributed by atoms with Crippen LogP contribution in [-0.4, -0.2) is 16.7 Å². The van der Waals surface area contributed by atoms with Crippen molar-refractivity contribution in [2.45, 2.75) is 39.7 Å². The van der Waals surface area contributed by atoms with Crippen LogP contribution in [0, 0.1) is 5.92 Å². The molecule has 0 radical (unpaired) electrons. The quantitative estimate of drug-likeness (QED) is 0.894. The van der Waals surface area contributed by atoms with Crippen LogP contribution in [-0.2, 0) is 0 Å². The summed E-state index contributed by atoms with van der Waals surface area (Å²) in [7, 11) is 1.66. The molecule has 4 nitrogen and oxygen atoms in total. The van der Waals surface area contributed by atoms with E-state index in [0.29, 0.717) is 17.9 Å². The molecule has 104 valence electrons. The maximum atomic E-state index is 6.07. The van der Waals surface area contributed by atoms with E-state index in [9.17, 15) is 0 Å². The lowest BCUT2D eigenvalue weighted by Gasteiger charge is -2.19. The highest BCUT2D eigenvalue weighted by Gasteiger charge is 2.16. The second kappa shape index (κ2) is 5.51. The van der Waals surface area contributed by atoms with Gasteiger partial charge in [0, 0.05) is 12.1 Å². The second-order valence-corrected chi connectivity index (χ2v) is 5.29. The molecule has 2 aromatic rings. The average molecular weight is 261 g/mol. The number of anilines is 1. The maximum absolute atomic E-state index is 6.07. The summed E-state index contributed by atoms with van der Waals surface area (Å²) >= 11 is 0. The molecule has 0 bridgehead atoms. The highest BCUT2D eigenvalue weighted by atomic mass is 16.5. The molecule has 0 amide bonds.